The van der Waals surface area contributed by atoms with Gasteiger partial charge in [-0.2, -0.15) is 0 Å². The van der Waals surface area contributed by atoms with Gasteiger partial charge in [-0.15, -0.1) is 0 Å². The first-order valence-corrected chi connectivity index (χ1v) is 12.4. The second-order valence-corrected chi connectivity index (χ2v) is 11.3. The monoisotopic (exact) mass is 392 g/mol. The summed E-state index contributed by atoms with van der Waals surface area (Å²) >= 11 is 0. The van der Waals surface area contributed by atoms with Crippen molar-refractivity contribution in [3.8, 4) is 0 Å². The maximum Gasteiger partial charge on any atom is 0.305 e. The van der Waals surface area contributed by atoms with Crippen molar-refractivity contribution in [1.82, 2.24) is 0 Å². The first-order valence-electron chi connectivity index (χ1n) is 8.39. The SMILES string of the molecule is CC(=O)OC(CC[SiH2]C[SiH2]CCC(OC(C)=O)OC(C)=O)OC(C)=O. The van der Waals surface area contributed by atoms with E-state index in [1.165, 1.54) is 33.4 Å². The number of esters is 4. The minimum atomic E-state index is -0.790. The minimum absolute atomic E-state index is 0.324. The van der Waals surface area contributed by atoms with Gasteiger partial charge in [-0.1, -0.05) is 17.8 Å². The Labute approximate surface area is 152 Å². The highest BCUT2D eigenvalue weighted by Gasteiger charge is 2.16. The Morgan fingerprint density at radius 1 is 0.640 bits per heavy atom. The van der Waals surface area contributed by atoms with Crippen LogP contribution in [-0.2, 0) is 38.1 Å². The number of hydrogen-bond acceptors (Lipinski definition) is 8. The zero-order chi connectivity index (χ0) is 19.2. The maximum atomic E-state index is 11.0. The van der Waals surface area contributed by atoms with Crippen LogP contribution in [0.3, 0.4) is 0 Å². The molecule has 0 saturated heterocycles. The molecule has 0 aliphatic rings. The van der Waals surface area contributed by atoms with E-state index in [0.29, 0.717) is 12.8 Å². The minimum Gasteiger partial charge on any atom is -0.425 e. The van der Waals surface area contributed by atoms with Crippen LogP contribution in [0.2, 0.25) is 17.8 Å². The van der Waals surface area contributed by atoms with E-state index in [9.17, 15) is 19.2 Å². The van der Waals surface area contributed by atoms with Gasteiger partial charge < -0.3 is 18.9 Å². The fourth-order valence-corrected chi connectivity index (χ4v) is 7.66. The lowest BCUT2D eigenvalue weighted by molar-refractivity contribution is -0.187. The second kappa shape index (κ2) is 13.6. The lowest BCUT2D eigenvalue weighted by Gasteiger charge is -2.17. The fourth-order valence-electron chi connectivity index (χ4n) is 2.18. The highest BCUT2D eigenvalue weighted by molar-refractivity contribution is 6.55. The Morgan fingerprint density at radius 3 is 1.16 bits per heavy atom. The Kier molecular flexibility index (Phi) is 12.7. The highest BCUT2D eigenvalue weighted by atomic mass is 28.3. The average Bonchev–Trinajstić information content (AvgIpc) is 2.43. The third-order valence-electron chi connectivity index (χ3n) is 3.07. The van der Waals surface area contributed by atoms with Crippen LogP contribution in [-0.4, -0.2) is 55.5 Å². The molecule has 0 aliphatic heterocycles. The largest absolute Gasteiger partial charge is 0.425 e. The summed E-state index contributed by atoms with van der Waals surface area (Å²) in [6, 6.07) is 1.82. The molecule has 0 aromatic heterocycles. The molecule has 0 bridgehead atoms. The van der Waals surface area contributed by atoms with Crippen molar-refractivity contribution >= 4 is 42.9 Å². The van der Waals surface area contributed by atoms with E-state index < -0.39 is 36.5 Å². The molecule has 0 aromatic rings. The molecule has 0 fully saturated rings. The van der Waals surface area contributed by atoms with Crippen molar-refractivity contribution in [2.75, 3.05) is 0 Å². The highest BCUT2D eigenvalue weighted by Crippen LogP contribution is 2.09. The Bertz CT molecular complexity index is 383. The fraction of sp³-hybridized carbons (Fsp3) is 0.733. The van der Waals surface area contributed by atoms with Crippen LogP contribution in [0, 0.1) is 0 Å². The van der Waals surface area contributed by atoms with Crippen molar-refractivity contribution in [2.24, 2.45) is 0 Å². The van der Waals surface area contributed by atoms with E-state index in [2.05, 4.69) is 0 Å². The van der Waals surface area contributed by atoms with Gasteiger partial charge in [0.2, 0.25) is 12.6 Å². The Hall–Kier alpha value is -1.69. The molecule has 10 heteroatoms. The van der Waals surface area contributed by atoms with E-state index in [-0.39, 0.29) is 19.0 Å². The summed E-state index contributed by atoms with van der Waals surface area (Å²) in [4.78, 5) is 43.8. The quantitative estimate of drug-likeness (QED) is 0.201. The number of carbonyl (C=O) groups is 4. The van der Waals surface area contributed by atoms with Gasteiger partial charge in [0.1, 0.15) is 0 Å². The van der Waals surface area contributed by atoms with Crippen LogP contribution in [0.4, 0.5) is 0 Å². The zero-order valence-electron chi connectivity index (χ0n) is 15.4. The van der Waals surface area contributed by atoms with E-state index in [4.69, 9.17) is 18.9 Å². The topological polar surface area (TPSA) is 105 Å². The lowest BCUT2D eigenvalue weighted by atomic mass is 10.4. The molecule has 144 valence electrons. The normalized spacial score (nSPS) is 11.4. The Balaban J connectivity index is 3.91. The van der Waals surface area contributed by atoms with Crippen LogP contribution in [0.1, 0.15) is 40.5 Å². The van der Waals surface area contributed by atoms with Crippen molar-refractivity contribution in [2.45, 2.75) is 70.9 Å². The third kappa shape index (κ3) is 15.6. The van der Waals surface area contributed by atoms with Crippen LogP contribution < -0.4 is 0 Å². The van der Waals surface area contributed by atoms with Crippen molar-refractivity contribution in [1.29, 1.82) is 0 Å². The average molecular weight is 393 g/mol. The van der Waals surface area contributed by atoms with Crippen molar-refractivity contribution in [3.63, 3.8) is 0 Å². The molecule has 0 radical (unpaired) electrons. The molecular weight excluding hydrogens is 364 g/mol. The molecule has 25 heavy (non-hydrogen) atoms. The summed E-state index contributed by atoms with van der Waals surface area (Å²) < 4.78 is 19.8. The standard InChI is InChI=1S/C15H28O8Si2/c1-10(16)20-14(21-11(2)17)5-7-24-9-25-8-6-15(22-12(3)18)23-13(4)19/h14-15H,5-9,24-25H2,1-4H3. The summed E-state index contributed by atoms with van der Waals surface area (Å²) in [5.74, 6) is -1.87. The molecular formula is C15H28O8Si2. The first-order chi connectivity index (χ1) is 11.7. The van der Waals surface area contributed by atoms with Crippen molar-refractivity contribution < 1.29 is 38.1 Å². The molecule has 0 aromatic carbocycles. The Morgan fingerprint density at radius 2 is 0.920 bits per heavy atom. The number of ether oxygens (including phenoxy) is 4. The molecule has 0 saturated carbocycles. The van der Waals surface area contributed by atoms with E-state index in [0.717, 1.165) is 12.1 Å². The summed E-state index contributed by atoms with van der Waals surface area (Å²) in [5.41, 5.74) is 1.18. The molecule has 0 rings (SSSR count). The summed E-state index contributed by atoms with van der Waals surface area (Å²) in [5, 5.41) is 0. The lowest BCUT2D eigenvalue weighted by Crippen LogP contribution is -2.23. The van der Waals surface area contributed by atoms with Crippen LogP contribution in [0.15, 0.2) is 0 Å². The molecule has 0 N–H and O–H groups in total. The van der Waals surface area contributed by atoms with Crippen LogP contribution in [0.5, 0.6) is 0 Å². The van der Waals surface area contributed by atoms with Crippen LogP contribution in [0.25, 0.3) is 0 Å². The van der Waals surface area contributed by atoms with E-state index in [1.54, 1.807) is 0 Å². The summed E-state index contributed by atoms with van der Waals surface area (Å²) in [6.45, 7) is 5.12. The van der Waals surface area contributed by atoms with Gasteiger partial charge in [0.15, 0.2) is 0 Å². The summed E-state index contributed by atoms with van der Waals surface area (Å²) in [6.07, 6.45) is -0.518. The van der Waals surface area contributed by atoms with Gasteiger partial charge >= 0.3 is 23.9 Å². The molecule has 0 unspecified atom stereocenters. The van der Waals surface area contributed by atoms with Gasteiger partial charge in [-0.3, -0.25) is 19.2 Å². The van der Waals surface area contributed by atoms with Gasteiger partial charge in [0, 0.05) is 59.6 Å². The van der Waals surface area contributed by atoms with Gasteiger partial charge in [-0.05, 0) is 0 Å². The number of rotatable bonds is 12. The van der Waals surface area contributed by atoms with Gasteiger partial charge in [0.05, 0.1) is 0 Å². The molecule has 8 nitrogen and oxygen atoms in total. The van der Waals surface area contributed by atoms with E-state index in [1.807, 2.05) is 0 Å². The number of carbonyl (C=O) groups excluding carboxylic acids is 4. The van der Waals surface area contributed by atoms with Gasteiger partial charge in [-0.25, -0.2) is 0 Å². The molecule has 0 atom stereocenters. The predicted molar refractivity (Wildman–Crippen MR) is 95.4 cm³/mol. The van der Waals surface area contributed by atoms with Crippen LogP contribution >= 0.6 is 0 Å². The second-order valence-electron chi connectivity index (χ2n) is 5.64. The third-order valence-corrected chi connectivity index (χ3v) is 8.89. The summed E-state index contributed by atoms with van der Waals surface area (Å²) in [7, 11) is -0.649. The predicted octanol–water partition coefficient (Wildman–Crippen LogP) is 0.221. The maximum absolute atomic E-state index is 11.0. The van der Waals surface area contributed by atoms with Gasteiger partial charge in [0.25, 0.3) is 0 Å². The molecule has 0 aliphatic carbocycles. The molecule has 0 heterocycles. The number of hydrogen-bond donors (Lipinski definition) is 0. The molecule has 0 spiro atoms. The zero-order valence-corrected chi connectivity index (χ0v) is 18.2. The van der Waals surface area contributed by atoms with Crippen molar-refractivity contribution in [3.05, 3.63) is 0 Å². The molecule has 0 amide bonds. The van der Waals surface area contributed by atoms with E-state index >= 15 is 0 Å². The first kappa shape index (κ1) is 23.3. The smallest absolute Gasteiger partial charge is 0.305 e.